The van der Waals surface area contributed by atoms with E-state index in [9.17, 15) is 18.9 Å². The van der Waals surface area contributed by atoms with Crippen LogP contribution < -0.4 is 16.9 Å². The van der Waals surface area contributed by atoms with Gasteiger partial charge in [0, 0.05) is 23.9 Å². The van der Waals surface area contributed by atoms with Crippen molar-refractivity contribution in [3.8, 4) is 0 Å². The van der Waals surface area contributed by atoms with Crippen LogP contribution in [0.5, 0.6) is 0 Å². The molecule has 3 aliphatic rings. The van der Waals surface area contributed by atoms with Crippen LogP contribution in [-0.4, -0.2) is 55.9 Å². The van der Waals surface area contributed by atoms with Gasteiger partial charge in [-0.3, -0.25) is 10.6 Å². The molecule has 6 N–H and O–H groups in total. The lowest BCUT2D eigenvalue weighted by Gasteiger charge is -2.32. The smallest absolute Gasteiger partial charge is 0.223 e. The maximum Gasteiger partial charge on any atom is 0.223 e. The molecule has 0 spiro atoms. The predicted octanol–water partition coefficient (Wildman–Crippen LogP) is 2.22. The van der Waals surface area contributed by atoms with E-state index in [2.05, 4.69) is 5.32 Å². The summed E-state index contributed by atoms with van der Waals surface area (Å²) in [5, 5.41) is 14.1. The van der Waals surface area contributed by atoms with E-state index in [1.54, 1.807) is 0 Å². The Hall–Kier alpha value is -1.65. The Morgan fingerprint density at radius 1 is 1.14 bits per heavy atom. The summed E-state index contributed by atoms with van der Waals surface area (Å²) in [4.78, 5) is 25.5. The van der Waals surface area contributed by atoms with Crippen molar-refractivity contribution in [1.29, 1.82) is 0 Å². The molecule has 0 aromatic heterocycles. The molecule has 9 heteroatoms. The van der Waals surface area contributed by atoms with Crippen molar-refractivity contribution >= 4 is 23.2 Å². The fraction of sp³-hybridized carbons (Fsp3) is 0.714. The zero-order valence-corrected chi connectivity index (χ0v) is 22.6. The standard InChI is InChI=1S/C28H44N4O4S/c29-23-10-12-25(13-11-23)37(36)32(30)17-24(34)16-21(14-19-6-2-1-3-7-19)28(35)31-27-22(18-33)15-20-8-4-5-9-26(20)27/h1-3,6-7,18,20-27,34H,4-5,8-17,29-30H2,(H,31,35). The summed E-state index contributed by atoms with van der Waals surface area (Å²) in [5.74, 6) is 6.22. The molecular weight excluding hydrogens is 488 g/mol. The van der Waals surface area contributed by atoms with Crippen LogP contribution in [0.2, 0.25) is 0 Å². The van der Waals surface area contributed by atoms with Crippen LogP contribution in [0, 0.1) is 23.7 Å². The number of hydrogen-bond donors (Lipinski definition) is 4. The number of hydrogen-bond acceptors (Lipinski definition) is 6. The molecule has 3 saturated carbocycles. The Bertz CT molecular complexity index is 911. The molecule has 0 radical (unpaired) electrons. The third-order valence-electron chi connectivity index (χ3n) is 8.83. The summed E-state index contributed by atoms with van der Waals surface area (Å²) in [6.07, 6.45) is 9.34. The number of nitrogens with one attached hydrogen (secondary N) is 1. The normalized spacial score (nSPS) is 32.3. The molecule has 0 heterocycles. The number of hydrazine groups is 1. The van der Waals surface area contributed by atoms with Gasteiger partial charge in [-0.15, -0.1) is 0 Å². The van der Waals surface area contributed by atoms with E-state index >= 15 is 0 Å². The first kappa shape index (κ1) is 28.4. The van der Waals surface area contributed by atoms with Crippen molar-refractivity contribution in [2.45, 2.75) is 94.1 Å². The molecule has 206 valence electrons. The third kappa shape index (κ3) is 7.47. The fourth-order valence-electron chi connectivity index (χ4n) is 6.80. The van der Waals surface area contributed by atoms with Gasteiger partial charge in [0.2, 0.25) is 5.91 Å². The first-order chi connectivity index (χ1) is 17.9. The van der Waals surface area contributed by atoms with Gasteiger partial charge in [-0.25, -0.2) is 4.21 Å². The number of nitrogens with two attached hydrogens (primary N) is 2. The molecule has 3 aliphatic carbocycles. The molecule has 1 amide bonds. The van der Waals surface area contributed by atoms with E-state index in [0.29, 0.717) is 18.3 Å². The lowest BCUT2D eigenvalue weighted by atomic mass is 9.80. The Kier molecular flexibility index (Phi) is 10.3. The van der Waals surface area contributed by atoms with Gasteiger partial charge in [0.25, 0.3) is 0 Å². The van der Waals surface area contributed by atoms with Crippen LogP contribution in [-0.2, 0) is 27.0 Å². The molecule has 3 fully saturated rings. The lowest BCUT2D eigenvalue weighted by Crippen LogP contribution is -2.48. The number of carbonyl (C=O) groups is 2. The van der Waals surface area contributed by atoms with Gasteiger partial charge in [-0.05, 0) is 68.8 Å². The van der Waals surface area contributed by atoms with Gasteiger partial charge in [-0.2, -0.15) is 4.41 Å². The van der Waals surface area contributed by atoms with Crippen molar-refractivity contribution in [2.24, 2.45) is 35.2 Å². The summed E-state index contributed by atoms with van der Waals surface area (Å²) >= 11 is 0. The highest BCUT2D eigenvalue weighted by Gasteiger charge is 2.45. The molecule has 0 bridgehead atoms. The van der Waals surface area contributed by atoms with Crippen LogP contribution in [0.1, 0.15) is 69.8 Å². The van der Waals surface area contributed by atoms with E-state index in [1.165, 1.54) is 10.8 Å². The second-order valence-electron chi connectivity index (χ2n) is 11.5. The molecule has 7 unspecified atom stereocenters. The Morgan fingerprint density at radius 3 is 2.54 bits per heavy atom. The lowest BCUT2D eigenvalue weighted by molar-refractivity contribution is -0.127. The average Bonchev–Trinajstić information content (AvgIpc) is 3.26. The van der Waals surface area contributed by atoms with Gasteiger partial charge >= 0.3 is 0 Å². The first-order valence-corrected chi connectivity index (χ1v) is 15.2. The number of aliphatic hydroxyl groups excluding tert-OH is 1. The summed E-state index contributed by atoms with van der Waals surface area (Å²) < 4.78 is 14.2. The Morgan fingerprint density at radius 2 is 1.84 bits per heavy atom. The van der Waals surface area contributed by atoms with Crippen LogP contribution in [0.25, 0.3) is 0 Å². The minimum absolute atomic E-state index is 0.0266. The summed E-state index contributed by atoms with van der Waals surface area (Å²) in [7, 11) is -1.41. The van der Waals surface area contributed by atoms with Gasteiger partial charge < -0.3 is 21.0 Å². The van der Waals surface area contributed by atoms with Crippen molar-refractivity contribution in [3.63, 3.8) is 0 Å². The van der Waals surface area contributed by atoms with E-state index in [1.807, 2.05) is 30.3 Å². The zero-order chi connectivity index (χ0) is 26.4. The molecule has 0 saturated heterocycles. The number of amides is 1. The Labute approximate surface area is 223 Å². The fourth-order valence-corrected chi connectivity index (χ4v) is 8.18. The number of nitrogens with zero attached hydrogens (tertiary/aromatic N) is 1. The first-order valence-electron chi connectivity index (χ1n) is 14.0. The number of aldehydes is 1. The molecule has 37 heavy (non-hydrogen) atoms. The van der Waals surface area contributed by atoms with Gasteiger partial charge in [0.05, 0.1) is 17.9 Å². The number of carbonyl (C=O) groups excluding carboxylic acids is 2. The number of rotatable bonds is 11. The summed E-state index contributed by atoms with van der Waals surface area (Å²) in [6, 6.07) is 9.79. The number of aliphatic hydroxyl groups is 1. The molecule has 0 aliphatic heterocycles. The highest BCUT2D eigenvalue weighted by molar-refractivity contribution is 7.83. The largest absolute Gasteiger partial charge is 0.392 e. The van der Waals surface area contributed by atoms with Gasteiger partial charge in [0.1, 0.15) is 17.3 Å². The molecule has 4 rings (SSSR count). The quantitative estimate of drug-likeness (QED) is 0.196. The summed E-state index contributed by atoms with van der Waals surface area (Å²) in [5.41, 5.74) is 6.98. The van der Waals surface area contributed by atoms with Crippen LogP contribution in [0.3, 0.4) is 0 Å². The van der Waals surface area contributed by atoms with Crippen LogP contribution in [0.4, 0.5) is 0 Å². The maximum absolute atomic E-state index is 13.6. The number of fused-ring (bicyclic) bond motifs is 1. The van der Waals surface area contributed by atoms with Crippen LogP contribution >= 0.6 is 0 Å². The third-order valence-corrected chi connectivity index (χ3v) is 10.5. The van der Waals surface area contributed by atoms with E-state index < -0.39 is 23.0 Å². The van der Waals surface area contributed by atoms with Crippen molar-refractivity contribution in [1.82, 2.24) is 9.73 Å². The van der Waals surface area contributed by atoms with Gasteiger partial charge in [-0.1, -0.05) is 49.6 Å². The van der Waals surface area contributed by atoms with Crippen molar-refractivity contribution < 1.29 is 18.9 Å². The van der Waals surface area contributed by atoms with E-state index in [-0.39, 0.29) is 42.1 Å². The minimum atomic E-state index is -1.41. The molecule has 1 aromatic rings. The average molecular weight is 533 g/mol. The topological polar surface area (TPSA) is 139 Å². The highest BCUT2D eigenvalue weighted by atomic mass is 32.2. The number of benzene rings is 1. The molecular formula is C28H44N4O4S. The monoisotopic (exact) mass is 532 g/mol. The second-order valence-corrected chi connectivity index (χ2v) is 13.2. The molecule has 7 atom stereocenters. The Balaban J connectivity index is 1.40. The zero-order valence-electron chi connectivity index (χ0n) is 21.8. The SMILES string of the molecule is NC1CCC(S(=O)N(N)CC(O)CC(Cc2ccccc2)C(=O)NC2C(C=O)CC3CCCCC32)CC1. The second kappa shape index (κ2) is 13.4. The van der Waals surface area contributed by atoms with E-state index in [0.717, 1.165) is 63.2 Å². The summed E-state index contributed by atoms with van der Waals surface area (Å²) in [6.45, 7) is 0.0266. The molecule has 1 aromatic carbocycles. The van der Waals surface area contributed by atoms with Crippen LogP contribution in [0.15, 0.2) is 30.3 Å². The molecule has 8 nitrogen and oxygen atoms in total. The predicted molar refractivity (Wildman–Crippen MR) is 145 cm³/mol. The van der Waals surface area contributed by atoms with Crippen molar-refractivity contribution in [3.05, 3.63) is 35.9 Å². The highest BCUT2D eigenvalue weighted by Crippen LogP contribution is 2.44. The van der Waals surface area contributed by atoms with Gasteiger partial charge in [0.15, 0.2) is 0 Å². The van der Waals surface area contributed by atoms with E-state index in [4.69, 9.17) is 11.6 Å². The maximum atomic E-state index is 13.6. The van der Waals surface area contributed by atoms with Crippen molar-refractivity contribution in [2.75, 3.05) is 6.54 Å². The minimum Gasteiger partial charge on any atom is -0.392 e.